The Morgan fingerprint density at radius 1 is 1.27 bits per heavy atom. The summed E-state index contributed by atoms with van der Waals surface area (Å²) in [6.07, 6.45) is 0.132. The van der Waals surface area contributed by atoms with Crippen LogP contribution in [0.4, 0.5) is 0 Å². The first kappa shape index (κ1) is 16.6. The van der Waals surface area contributed by atoms with Gasteiger partial charge in [0.15, 0.2) is 11.5 Å². The Bertz CT molecular complexity index is 575. The molecular formula is C15H18BrNO5. The number of likely N-dealkylation sites (N-methyl/N-ethyl adjacent to an activating group) is 1. The Labute approximate surface area is 137 Å². The van der Waals surface area contributed by atoms with Crippen LogP contribution in [0.25, 0.3) is 0 Å². The lowest BCUT2D eigenvalue weighted by Gasteiger charge is -2.22. The molecule has 0 unspecified atom stereocenters. The molecule has 6 nitrogen and oxygen atoms in total. The summed E-state index contributed by atoms with van der Waals surface area (Å²) in [6.45, 7) is 3.53. The molecule has 0 spiro atoms. The molecule has 0 aliphatic carbocycles. The quantitative estimate of drug-likeness (QED) is 0.828. The summed E-state index contributed by atoms with van der Waals surface area (Å²) in [5, 5.41) is 8.73. The fourth-order valence-corrected chi connectivity index (χ4v) is 2.67. The molecule has 1 aliphatic rings. The summed E-state index contributed by atoms with van der Waals surface area (Å²) in [6, 6.07) is 3.59. The number of benzene rings is 1. The first-order chi connectivity index (χ1) is 10.5. The monoisotopic (exact) mass is 371 g/mol. The standard InChI is InChI=1S/C15H18BrNO5/c1-2-17(4-3-15(19)20)14(18)8-10-7-12-13(9-11(10)16)22-6-5-21-12/h7,9H,2-6,8H2,1H3,(H,19,20). The Morgan fingerprint density at radius 2 is 1.91 bits per heavy atom. The van der Waals surface area contributed by atoms with Gasteiger partial charge in [-0.3, -0.25) is 9.59 Å². The number of amides is 1. The highest BCUT2D eigenvalue weighted by atomic mass is 79.9. The normalized spacial score (nSPS) is 12.8. The number of carboxylic acids is 1. The van der Waals surface area contributed by atoms with Crippen LogP contribution in [0.15, 0.2) is 16.6 Å². The predicted molar refractivity (Wildman–Crippen MR) is 83.3 cm³/mol. The molecular weight excluding hydrogens is 354 g/mol. The topological polar surface area (TPSA) is 76.1 Å². The molecule has 0 fully saturated rings. The summed E-state index contributed by atoms with van der Waals surface area (Å²) in [7, 11) is 0. The molecule has 1 aromatic rings. The number of hydrogen-bond donors (Lipinski definition) is 1. The Balaban J connectivity index is 2.08. The van der Waals surface area contributed by atoms with E-state index >= 15 is 0 Å². The van der Waals surface area contributed by atoms with Crippen molar-refractivity contribution < 1.29 is 24.2 Å². The molecule has 22 heavy (non-hydrogen) atoms. The van der Waals surface area contributed by atoms with E-state index in [2.05, 4.69) is 15.9 Å². The molecule has 2 rings (SSSR count). The summed E-state index contributed by atoms with van der Waals surface area (Å²) >= 11 is 3.44. The number of aliphatic carboxylic acids is 1. The molecule has 7 heteroatoms. The van der Waals surface area contributed by atoms with Gasteiger partial charge in [-0.05, 0) is 24.6 Å². The minimum absolute atomic E-state index is 0.0537. The van der Waals surface area contributed by atoms with Crippen molar-refractivity contribution in [3.05, 3.63) is 22.2 Å². The number of ether oxygens (including phenoxy) is 2. The average Bonchev–Trinajstić information content (AvgIpc) is 2.48. The van der Waals surface area contributed by atoms with E-state index in [-0.39, 0.29) is 25.3 Å². The van der Waals surface area contributed by atoms with E-state index in [0.29, 0.717) is 31.3 Å². The van der Waals surface area contributed by atoms with Gasteiger partial charge >= 0.3 is 5.97 Å². The van der Waals surface area contributed by atoms with E-state index in [0.717, 1.165) is 10.0 Å². The van der Waals surface area contributed by atoms with Crippen LogP contribution in [0.1, 0.15) is 18.9 Å². The number of nitrogens with zero attached hydrogens (tertiary/aromatic N) is 1. The zero-order valence-corrected chi connectivity index (χ0v) is 13.9. The number of hydrogen-bond acceptors (Lipinski definition) is 4. The van der Waals surface area contributed by atoms with Crippen LogP contribution in [-0.4, -0.2) is 48.2 Å². The van der Waals surface area contributed by atoms with E-state index in [4.69, 9.17) is 14.6 Å². The van der Waals surface area contributed by atoms with E-state index in [1.807, 2.05) is 6.92 Å². The smallest absolute Gasteiger partial charge is 0.305 e. The van der Waals surface area contributed by atoms with Crippen molar-refractivity contribution in [1.82, 2.24) is 4.90 Å². The van der Waals surface area contributed by atoms with Gasteiger partial charge in [0.05, 0.1) is 12.8 Å². The van der Waals surface area contributed by atoms with Crippen LogP contribution < -0.4 is 9.47 Å². The second kappa shape index (κ2) is 7.49. The number of halogens is 1. The van der Waals surface area contributed by atoms with Crippen molar-refractivity contribution in [2.45, 2.75) is 19.8 Å². The number of rotatable bonds is 6. The van der Waals surface area contributed by atoms with E-state index < -0.39 is 5.97 Å². The molecule has 0 saturated carbocycles. The van der Waals surface area contributed by atoms with E-state index in [9.17, 15) is 9.59 Å². The summed E-state index contributed by atoms with van der Waals surface area (Å²) < 4.78 is 11.8. The fraction of sp³-hybridized carbons (Fsp3) is 0.467. The summed E-state index contributed by atoms with van der Waals surface area (Å²) in [4.78, 5) is 24.5. The van der Waals surface area contributed by atoms with Gasteiger partial charge in [-0.25, -0.2) is 0 Å². The van der Waals surface area contributed by atoms with Gasteiger partial charge in [0.2, 0.25) is 5.91 Å². The van der Waals surface area contributed by atoms with Gasteiger partial charge in [0, 0.05) is 17.6 Å². The third-order valence-electron chi connectivity index (χ3n) is 3.38. The van der Waals surface area contributed by atoms with E-state index in [1.54, 1.807) is 12.1 Å². The predicted octanol–water partition coefficient (Wildman–Crippen LogP) is 2.09. The molecule has 120 valence electrons. The third-order valence-corrected chi connectivity index (χ3v) is 4.12. The lowest BCUT2D eigenvalue weighted by Crippen LogP contribution is -2.34. The second-order valence-electron chi connectivity index (χ2n) is 4.88. The molecule has 1 N–H and O–H groups in total. The van der Waals surface area contributed by atoms with Gasteiger partial charge in [-0.1, -0.05) is 15.9 Å². The SMILES string of the molecule is CCN(CCC(=O)O)C(=O)Cc1cc2c(cc1Br)OCCO2. The molecule has 0 radical (unpaired) electrons. The molecule has 1 heterocycles. The number of fused-ring (bicyclic) bond motifs is 1. The first-order valence-corrected chi connectivity index (χ1v) is 7.88. The highest BCUT2D eigenvalue weighted by Crippen LogP contribution is 2.35. The third kappa shape index (κ3) is 4.13. The maximum Gasteiger partial charge on any atom is 0.305 e. The van der Waals surface area contributed by atoms with Crippen LogP contribution >= 0.6 is 15.9 Å². The molecule has 0 bridgehead atoms. The lowest BCUT2D eigenvalue weighted by atomic mass is 10.1. The van der Waals surface area contributed by atoms with Gasteiger partial charge < -0.3 is 19.5 Å². The highest BCUT2D eigenvalue weighted by Gasteiger charge is 2.19. The largest absolute Gasteiger partial charge is 0.486 e. The molecule has 1 aromatic carbocycles. The zero-order chi connectivity index (χ0) is 16.1. The van der Waals surface area contributed by atoms with Crippen LogP contribution in [0.3, 0.4) is 0 Å². The van der Waals surface area contributed by atoms with Crippen molar-refractivity contribution in [3.8, 4) is 11.5 Å². The minimum Gasteiger partial charge on any atom is -0.486 e. The lowest BCUT2D eigenvalue weighted by molar-refractivity contribution is -0.138. The van der Waals surface area contributed by atoms with Crippen LogP contribution in [0.2, 0.25) is 0 Å². The molecule has 1 amide bonds. The molecule has 0 atom stereocenters. The minimum atomic E-state index is -0.910. The van der Waals surface area contributed by atoms with Crippen molar-refractivity contribution in [1.29, 1.82) is 0 Å². The first-order valence-electron chi connectivity index (χ1n) is 7.08. The molecule has 1 aliphatic heterocycles. The Kier molecular flexibility index (Phi) is 5.65. The molecule has 0 saturated heterocycles. The highest BCUT2D eigenvalue weighted by molar-refractivity contribution is 9.10. The average molecular weight is 372 g/mol. The van der Waals surface area contributed by atoms with Crippen LogP contribution in [-0.2, 0) is 16.0 Å². The fourth-order valence-electron chi connectivity index (χ4n) is 2.21. The molecule has 0 aromatic heterocycles. The maximum atomic E-state index is 12.3. The van der Waals surface area contributed by atoms with Gasteiger partial charge in [-0.2, -0.15) is 0 Å². The van der Waals surface area contributed by atoms with Crippen LogP contribution in [0, 0.1) is 0 Å². The Hall–Kier alpha value is -1.76. The van der Waals surface area contributed by atoms with Gasteiger partial charge in [0.25, 0.3) is 0 Å². The number of carbonyl (C=O) groups is 2. The van der Waals surface area contributed by atoms with E-state index in [1.165, 1.54) is 4.90 Å². The van der Waals surface area contributed by atoms with Crippen molar-refractivity contribution >= 4 is 27.8 Å². The number of carboxylic acid groups (broad SMARTS) is 1. The van der Waals surface area contributed by atoms with Gasteiger partial charge in [0.1, 0.15) is 13.2 Å². The maximum absolute atomic E-state index is 12.3. The Morgan fingerprint density at radius 3 is 2.50 bits per heavy atom. The number of carbonyl (C=O) groups excluding carboxylic acids is 1. The van der Waals surface area contributed by atoms with Crippen molar-refractivity contribution in [2.75, 3.05) is 26.3 Å². The van der Waals surface area contributed by atoms with Crippen LogP contribution in [0.5, 0.6) is 11.5 Å². The van der Waals surface area contributed by atoms with Crippen molar-refractivity contribution in [2.24, 2.45) is 0 Å². The summed E-state index contributed by atoms with van der Waals surface area (Å²) in [5.41, 5.74) is 0.794. The van der Waals surface area contributed by atoms with Crippen molar-refractivity contribution in [3.63, 3.8) is 0 Å². The second-order valence-corrected chi connectivity index (χ2v) is 5.74. The summed E-state index contributed by atoms with van der Waals surface area (Å²) in [5.74, 6) is 0.270. The van der Waals surface area contributed by atoms with Gasteiger partial charge in [-0.15, -0.1) is 0 Å². The zero-order valence-electron chi connectivity index (χ0n) is 12.3.